The van der Waals surface area contributed by atoms with E-state index in [1.165, 1.54) is 24.3 Å². The highest BCUT2D eigenvalue weighted by Crippen LogP contribution is 2.34. The highest BCUT2D eigenvalue weighted by molar-refractivity contribution is 5.77. The summed E-state index contributed by atoms with van der Waals surface area (Å²) in [5, 5.41) is 27.4. The fourth-order valence-electron chi connectivity index (χ4n) is 2.29. The van der Waals surface area contributed by atoms with Crippen LogP contribution < -0.4 is 10.6 Å². The summed E-state index contributed by atoms with van der Waals surface area (Å²) in [6.45, 7) is 0. The zero-order valence-corrected chi connectivity index (χ0v) is 13.8. The van der Waals surface area contributed by atoms with E-state index in [1.807, 2.05) is 0 Å². The van der Waals surface area contributed by atoms with Crippen molar-refractivity contribution in [3.8, 4) is 0 Å². The predicted octanol–water partition coefficient (Wildman–Crippen LogP) is 4.06. The van der Waals surface area contributed by atoms with Crippen molar-refractivity contribution < 1.29 is 18.6 Å². The van der Waals surface area contributed by atoms with Crippen LogP contribution in [0, 0.1) is 31.9 Å². The Morgan fingerprint density at radius 1 is 0.893 bits per heavy atom. The maximum Gasteiger partial charge on any atom is 0.353 e. The topological polar surface area (TPSA) is 136 Å². The van der Waals surface area contributed by atoms with E-state index in [0.29, 0.717) is 6.07 Å². The molecule has 0 bridgehead atoms. The molecule has 0 saturated heterocycles. The van der Waals surface area contributed by atoms with E-state index < -0.39 is 27.2 Å². The van der Waals surface area contributed by atoms with Gasteiger partial charge in [-0.2, -0.15) is 0 Å². The number of aromatic nitrogens is 2. The number of rotatable bonds is 6. The second kappa shape index (κ2) is 7.57. The van der Waals surface area contributed by atoms with Crippen molar-refractivity contribution in [3.63, 3.8) is 0 Å². The van der Waals surface area contributed by atoms with Crippen molar-refractivity contribution in [2.24, 2.45) is 0 Å². The molecular weight excluding hydrogens is 378 g/mol. The predicted molar refractivity (Wildman–Crippen MR) is 94.7 cm³/mol. The molecule has 0 atom stereocenters. The van der Waals surface area contributed by atoms with Gasteiger partial charge in [0, 0.05) is 23.9 Å². The fraction of sp³-hybridized carbons (Fsp3) is 0. The number of halogens is 2. The van der Waals surface area contributed by atoms with E-state index in [2.05, 4.69) is 20.6 Å². The van der Waals surface area contributed by atoms with Crippen molar-refractivity contribution in [3.05, 3.63) is 80.7 Å². The molecule has 2 N–H and O–H groups in total. The lowest BCUT2D eigenvalue weighted by Gasteiger charge is -2.10. The fourth-order valence-corrected chi connectivity index (χ4v) is 2.29. The molecule has 1 aromatic heterocycles. The monoisotopic (exact) mass is 388 g/mol. The van der Waals surface area contributed by atoms with Crippen LogP contribution in [-0.2, 0) is 0 Å². The van der Waals surface area contributed by atoms with Gasteiger partial charge < -0.3 is 10.6 Å². The maximum absolute atomic E-state index is 13.8. The lowest BCUT2D eigenvalue weighted by Crippen LogP contribution is -2.06. The first-order valence-corrected chi connectivity index (χ1v) is 7.58. The lowest BCUT2D eigenvalue weighted by atomic mass is 10.2. The molecule has 0 unspecified atom stereocenters. The van der Waals surface area contributed by atoms with Gasteiger partial charge >= 0.3 is 5.69 Å². The minimum Gasteiger partial charge on any atom is -0.334 e. The second-order valence-corrected chi connectivity index (χ2v) is 5.36. The minimum absolute atomic E-state index is 0.176. The molecule has 28 heavy (non-hydrogen) atoms. The van der Waals surface area contributed by atoms with Gasteiger partial charge in [0.05, 0.1) is 15.5 Å². The first-order valence-electron chi connectivity index (χ1n) is 7.58. The molecule has 3 rings (SSSR count). The average Bonchev–Trinajstić information content (AvgIpc) is 2.64. The largest absolute Gasteiger partial charge is 0.353 e. The smallest absolute Gasteiger partial charge is 0.334 e. The molecule has 0 aliphatic heterocycles. The van der Waals surface area contributed by atoms with Gasteiger partial charge in [-0.25, -0.2) is 18.7 Å². The van der Waals surface area contributed by atoms with Crippen molar-refractivity contribution in [2.75, 3.05) is 10.6 Å². The van der Waals surface area contributed by atoms with Crippen LogP contribution in [0.25, 0.3) is 0 Å². The first kappa shape index (κ1) is 18.6. The highest BCUT2D eigenvalue weighted by atomic mass is 19.1. The molecule has 0 radical (unpaired) electrons. The van der Waals surface area contributed by atoms with Crippen molar-refractivity contribution >= 4 is 34.4 Å². The highest BCUT2D eigenvalue weighted by Gasteiger charge is 2.24. The van der Waals surface area contributed by atoms with E-state index in [1.54, 1.807) is 0 Å². The molecule has 0 spiro atoms. The van der Waals surface area contributed by atoms with E-state index in [9.17, 15) is 29.0 Å². The molecule has 0 fully saturated rings. The number of nitro benzene ring substituents is 1. The van der Waals surface area contributed by atoms with Crippen LogP contribution in [0.5, 0.6) is 0 Å². The Balaban J connectivity index is 1.99. The molecule has 0 amide bonds. The maximum atomic E-state index is 13.8. The number of nitrogens with one attached hydrogen (secondary N) is 2. The Kier molecular flexibility index (Phi) is 5.02. The van der Waals surface area contributed by atoms with Gasteiger partial charge in [-0.3, -0.25) is 20.2 Å². The third-order valence-corrected chi connectivity index (χ3v) is 3.51. The van der Waals surface area contributed by atoms with E-state index in [4.69, 9.17) is 0 Å². The molecule has 10 nitrogen and oxygen atoms in total. The van der Waals surface area contributed by atoms with Crippen LogP contribution in [0.1, 0.15) is 0 Å². The number of non-ortho nitro benzene ring substituents is 1. The second-order valence-electron chi connectivity index (χ2n) is 5.36. The third kappa shape index (κ3) is 3.95. The summed E-state index contributed by atoms with van der Waals surface area (Å²) in [4.78, 5) is 28.5. The van der Waals surface area contributed by atoms with Gasteiger partial charge in [-0.1, -0.05) is 6.07 Å². The first-order chi connectivity index (χ1) is 13.3. The van der Waals surface area contributed by atoms with Gasteiger partial charge in [-0.05, 0) is 18.2 Å². The summed E-state index contributed by atoms with van der Waals surface area (Å²) in [5.41, 5.74) is -0.911. The third-order valence-electron chi connectivity index (χ3n) is 3.51. The summed E-state index contributed by atoms with van der Waals surface area (Å²) in [5.74, 6) is -2.40. The van der Waals surface area contributed by atoms with Gasteiger partial charge in [0.1, 0.15) is 18.0 Å². The Bertz CT molecular complexity index is 1080. The normalized spacial score (nSPS) is 10.4. The number of anilines is 4. The average molecular weight is 388 g/mol. The summed E-state index contributed by atoms with van der Waals surface area (Å²) in [7, 11) is 0. The molecule has 3 aromatic rings. The van der Waals surface area contributed by atoms with Crippen LogP contribution in [0.15, 0.2) is 48.8 Å². The molecule has 0 aliphatic rings. The van der Waals surface area contributed by atoms with Crippen molar-refractivity contribution in [1.82, 2.24) is 9.97 Å². The Morgan fingerprint density at radius 2 is 1.61 bits per heavy atom. The molecule has 2 aromatic carbocycles. The SMILES string of the molecule is O=[N+]([O-])c1cccc(Nc2ncnc(Nc3ccc(F)cc3F)c2[N+](=O)[O-])c1. The number of nitro groups is 2. The minimum atomic E-state index is -0.971. The summed E-state index contributed by atoms with van der Waals surface area (Å²) >= 11 is 0. The molecule has 0 saturated carbocycles. The zero-order valence-electron chi connectivity index (χ0n) is 13.8. The van der Waals surface area contributed by atoms with Crippen LogP contribution in [0.2, 0.25) is 0 Å². The number of nitrogens with zero attached hydrogens (tertiary/aromatic N) is 4. The van der Waals surface area contributed by atoms with Crippen LogP contribution in [0.3, 0.4) is 0 Å². The van der Waals surface area contributed by atoms with Crippen molar-refractivity contribution in [1.29, 1.82) is 0 Å². The van der Waals surface area contributed by atoms with Crippen molar-refractivity contribution in [2.45, 2.75) is 0 Å². The van der Waals surface area contributed by atoms with Crippen LogP contribution >= 0.6 is 0 Å². The number of benzene rings is 2. The van der Waals surface area contributed by atoms with E-state index in [-0.39, 0.29) is 28.7 Å². The number of hydrogen-bond donors (Lipinski definition) is 2. The zero-order chi connectivity index (χ0) is 20.3. The summed E-state index contributed by atoms with van der Waals surface area (Å²) < 4.78 is 26.9. The van der Waals surface area contributed by atoms with E-state index >= 15 is 0 Å². The van der Waals surface area contributed by atoms with Gasteiger partial charge in [0.2, 0.25) is 11.6 Å². The Hall–Kier alpha value is -4.22. The van der Waals surface area contributed by atoms with Crippen LogP contribution in [-0.4, -0.2) is 19.8 Å². The molecule has 1 heterocycles. The standard InChI is InChI=1S/C16H10F2N6O4/c17-9-4-5-13(12(18)6-9)22-16-14(24(27)28)15(19-8-20-16)21-10-2-1-3-11(7-10)23(25)26/h1-8H,(H2,19,20,21,22). The van der Waals surface area contributed by atoms with Gasteiger partial charge in [-0.15, -0.1) is 0 Å². The lowest BCUT2D eigenvalue weighted by molar-refractivity contribution is -0.384. The van der Waals surface area contributed by atoms with Gasteiger partial charge in [0.15, 0.2) is 0 Å². The molecule has 0 aliphatic carbocycles. The molecule has 12 heteroatoms. The number of hydrogen-bond acceptors (Lipinski definition) is 8. The van der Waals surface area contributed by atoms with Crippen LogP contribution in [0.4, 0.5) is 43.2 Å². The van der Waals surface area contributed by atoms with E-state index in [0.717, 1.165) is 18.5 Å². The molecule has 142 valence electrons. The van der Waals surface area contributed by atoms with Gasteiger partial charge in [0.25, 0.3) is 5.69 Å². The Morgan fingerprint density at radius 3 is 2.25 bits per heavy atom. The molecular formula is C16H10F2N6O4. The quantitative estimate of drug-likeness (QED) is 0.476. The summed E-state index contributed by atoms with van der Waals surface area (Å²) in [6.07, 6.45) is 0.983. The summed E-state index contributed by atoms with van der Waals surface area (Å²) in [6, 6.07) is 7.90. The Labute approximate surface area is 155 Å².